The number of unbranched alkanes of at least 4 members (excludes halogenated alkanes) is 1. The summed E-state index contributed by atoms with van der Waals surface area (Å²) in [4.78, 5) is 0. The van der Waals surface area contributed by atoms with Crippen molar-refractivity contribution in [2.75, 3.05) is 7.11 Å². The smallest absolute Gasteiger partial charge is 0.122 e. The Kier molecular flexibility index (Phi) is 9.82. The first-order valence-corrected chi connectivity index (χ1v) is 13.0. The third kappa shape index (κ3) is 6.89. The van der Waals surface area contributed by atoms with E-state index in [1.807, 2.05) is 0 Å². The van der Waals surface area contributed by atoms with Crippen molar-refractivity contribution in [1.82, 2.24) is 0 Å². The van der Waals surface area contributed by atoms with Crippen molar-refractivity contribution in [1.29, 1.82) is 0 Å². The van der Waals surface area contributed by atoms with Crippen LogP contribution in [0, 0.1) is 17.8 Å². The zero-order chi connectivity index (χ0) is 21.2. The molecule has 0 radical (unpaired) electrons. The lowest BCUT2D eigenvalue weighted by atomic mass is 9.76. The third-order valence-electron chi connectivity index (χ3n) is 8.08. The standard InChI is InChI=1S/C29H46O/c1-4-8-23-12-14-24(15-13-23)10-6-7-11-25-16-18-26(19-17-25)27-20-21-29(30-3)28(22-27)9-5-2/h4,20-26H,1,5-19H2,2-3H3. The van der Waals surface area contributed by atoms with E-state index < -0.39 is 0 Å². The Labute approximate surface area is 186 Å². The highest BCUT2D eigenvalue weighted by molar-refractivity contribution is 5.39. The molecule has 0 aliphatic heterocycles. The van der Waals surface area contributed by atoms with Gasteiger partial charge in [0.1, 0.15) is 5.75 Å². The summed E-state index contributed by atoms with van der Waals surface area (Å²) in [6.07, 6.45) is 23.1. The molecule has 3 rings (SSSR count). The quantitative estimate of drug-likeness (QED) is 0.261. The monoisotopic (exact) mass is 410 g/mol. The van der Waals surface area contributed by atoms with E-state index in [0.717, 1.165) is 35.8 Å². The fraction of sp³-hybridized carbons (Fsp3) is 0.724. The summed E-state index contributed by atoms with van der Waals surface area (Å²) in [7, 11) is 1.80. The van der Waals surface area contributed by atoms with Gasteiger partial charge < -0.3 is 4.74 Å². The normalized spacial score (nSPS) is 27.0. The summed E-state index contributed by atoms with van der Waals surface area (Å²) >= 11 is 0. The van der Waals surface area contributed by atoms with Crippen LogP contribution < -0.4 is 4.74 Å². The Bertz CT molecular complexity index is 617. The van der Waals surface area contributed by atoms with Crippen molar-refractivity contribution in [2.45, 2.75) is 109 Å². The average molecular weight is 411 g/mol. The molecule has 2 aliphatic carbocycles. The first kappa shape index (κ1) is 23.4. The van der Waals surface area contributed by atoms with Gasteiger partial charge in [0, 0.05) is 0 Å². The number of aryl methyl sites for hydroxylation is 1. The molecule has 1 nitrogen and oxygen atoms in total. The number of hydrogen-bond acceptors (Lipinski definition) is 1. The lowest BCUT2D eigenvalue weighted by molar-refractivity contribution is 0.253. The van der Waals surface area contributed by atoms with Crippen molar-refractivity contribution >= 4 is 0 Å². The molecule has 0 bridgehead atoms. The maximum atomic E-state index is 5.57. The van der Waals surface area contributed by atoms with Crippen molar-refractivity contribution < 1.29 is 4.74 Å². The third-order valence-corrected chi connectivity index (χ3v) is 8.08. The zero-order valence-electron chi connectivity index (χ0n) is 19.8. The highest BCUT2D eigenvalue weighted by Crippen LogP contribution is 2.39. The lowest BCUT2D eigenvalue weighted by Crippen LogP contribution is -2.15. The van der Waals surface area contributed by atoms with Crippen LogP contribution in [0.3, 0.4) is 0 Å². The summed E-state index contributed by atoms with van der Waals surface area (Å²) < 4.78 is 5.57. The molecule has 0 spiro atoms. The van der Waals surface area contributed by atoms with Gasteiger partial charge in [-0.25, -0.2) is 0 Å². The SMILES string of the molecule is C=CCC1CCC(CCCCC2CCC(c3ccc(OC)c(CCC)c3)CC2)CC1. The second kappa shape index (κ2) is 12.6. The van der Waals surface area contributed by atoms with Gasteiger partial charge in [0.05, 0.1) is 7.11 Å². The molecule has 0 N–H and O–H groups in total. The molecule has 0 atom stereocenters. The fourth-order valence-corrected chi connectivity index (χ4v) is 6.16. The van der Waals surface area contributed by atoms with Crippen LogP contribution in [0.1, 0.15) is 114 Å². The number of ether oxygens (including phenoxy) is 1. The molecule has 168 valence electrons. The lowest BCUT2D eigenvalue weighted by Gasteiger charge is -2.30. The molecular weight excluding hydrogens is 364 g/mol. The first-order valence-electron chi connectivity index (χ1n) is 13.0. The van der Waals surface area contributed by atoms with Crippen molar-refractivity contribution in [2.24, 2.45) is 17.8 Å². The molecular formula is C29H46O. The molecule has 2 saturated carbocycles. The van der Waals surface area contributed by atoms with Crippen LogP contribution >= 0.6 is 0 Å². The summed E-state index contributed by atoms with van der Waals surface area (Å²) in [6.45, 7) is 6.17. The molecule has 0 saturated heterocycles. The topological polar surface area (TPSA) is 9.23 Å². The summed E-state index contributed by atoms with van der Waals surface area (Å²) in [5, 5.41) is 0. The van der Waals surface area contributed by atoms with Gasteiger partial charge in [0.15, 0.2) is 0 Å². The first-order chi connectivity index (χ1) is 14.7. The Hall–Kier alpha value is -1.24. The minimum absolute atomic E-state index is 0.772. The predicted octanol–water partition coefficient (Wildman–Crippen LogP) is 8.86. The molecule has 2 aliphatic rings. The van der Waals surface area contributed by atoms with Gasteiger partial charge >= 0.3 is 0 Å². The van der Waals surface area contributed by atoms with Gasteiger partial charge in [0.2, 0.25) is 0 Å². The molecule has 1 aromatic carbocycles. The van der Waals surface area contributed by atoms with E-state index in [9.17, 15) is 0 Å². The van der Waals surface area contributed by atoms with Gasteiger partial charge in [-0.15, -0.1) is 6.58 Å². The summed E-state index contributed by atoms with van der Waals surface area (Å²) in [5.41, 5.74) is 2.96. The largest absolute Gasteiger partial charge is 0.496 e. The van der Waals surface area contributed by atoms with Gasteiger partial charge in [-0.05, 0) is 92.2 Å². The highest BCUT2D eigenvalue weighted by Gasteiger charge is 2.23. The van der Waals surface area contributed by atoms with Crippen molar-refractivity contribution in [3.05, 3.63) is 42.0 Å². The minimum atomic E-state index is 0.772. The summed E-state index contributed by atoms with van der Waals surface area (Å²) in [5.74, 6) is 4.79. The molecule has 2 fully saturated rings. The maximum Gasteiger partial charge on any atom is 0.122 e. The second-order valence-electron chi connectivity index (χ2n) is 10.2. The van der Waals surface area contributed by atoms with E-state index >= 15 is 0 Å². The fourth-order valence-electron chi connectivity index (χ4n) is 6.16. The minimum Gasteiger partial charge on any atom is -0.496 e. The molecule has 30 heavy (non-hydrogen) atoms. The van der Waals surface area contributed by atoms with E-state index in [-0.39, 0.29) is 0 Å². The van der Waals surface area contributed by atoms with Gasteiger partial charge in [-0.3, -0.25) is 0 Å². The zero-order valence-corrected chi connectivity index (χ0v) is 19.8. The molecule has 0 heterocycles. The number of methoxy groups -OCH3 is 1. The van der Waals surface area contributed by atoms with Gasteiger partial charge in [-0.2, -0.15) is 0 Å². The highest BCUT2D eigenvalue weighted by atomic mass is 16.5. The Morgan fingerprint density at radius 2 is 1.50 bits per heavy atom. The molecule has 1 aromatic rings. The molecule has 0 aromatic heterocycles. The number of rotatable bonds is 11. The predicted molar refractivity (Wildman–Crippen MR) is 130 cm³/mol. The maximum absolute atomic E-state index is 5.57. The van der Waals surface area contributed by atoms with Crippen LogP contribution in [-0.2, 0) is 6.42 Å². The van der Waals surface area contributed by atoms with Crippen LogP contribution in [0.5, 0.6) is 5.75 Å². The van der Waals surface area contributed by atoms with E-state index in [2.05, 4.69) is 37.8 Å². The van der Waals surface area contributed by atoms with Crippen LogP contribution in [0.4, 0.5) is 0 Å². The molecule has 0 amide bonds. The summed E-state index contributed by atoms with van der Waals surface area (Å²) in [6, 6.07) is 6.97. The van der Waals surface area contributed by atoms with Gasteiger partial charge in [-0.1, -0.05) is 70.1 Å². The van der Waals surface area contributed by atoms with E-state index in [4.69, 9.17) is 4.74 Å². The van der Waals surface area contributed by atoms with Crippen LogP contribution in [0.25, 0.3) is 0 Å². The van der Waals surface area contributed by atoms with E-state index in [1.54, 1.807) is 12.7 Å². The van der Waals surface area contributed by atoms with Crippen molar-refractivity contribution in [3.8, 4) is 5.75 Å². The van der Waals surface area contributed by atoms with E-state index in [1.165, 1.54) is 95.5 Å². The molecule has 1 heteroatoms. The molecule has 0 unspecified atom stereocenters. The van der Waals surface area contributed by atoms with Crippen molar-refractivity contribution in [3.63, 3.8) is 0 Å². The van der Waals surface area contributed by atoms with Gasteiger partial charge in [0.25, 0.3) is 0 Å². The number of hydrogen-bond donors (Lipinski definition) is 0. The second-order valence-corrected chi connectivity index (χ2v) is 10.2. The average Bonchev–Trinajstić information content (AvgIpc) is 2.79. The van der Waals surface area contributed by atoms with E-state index in [0.29, 0.717) is 0 Å². The Morgan fingerprint density at radius 3 is 2.07 bits per heavy atom. The van der Waals surface area contributed by atoms with Crippen LogP contribution in [0.15, 0.2) is 30.9 Å². The number of allylic oxidation sites excluding steroid dienone is 1. The van der Waals surface area contributed by atoms with Crippen LogP contribution in [-0.4, -0.2) is 7.11 Å². The number of benzene rings is 1. The van der Waals surface area contributed by atoms with Crippen LogP contribution in [0.2, 0.25) is 0 Å². The Balaban J connectivity index is 1.33. The Morgan fingerprint density at radius 1 is 0.900 bits per heavy atom.